The lowest BCUT2D eigenvalue weighted by Crippen LogP contribution is -2.10. The molecule has 0 aliphatic rings. The Labute approximate surface area is 183 Å². The minimum Gasteiger partial charge on any atom is -0.395 e. The highest BCUT2D eigenvalue weighted by Gasteiger charge is 2.17. The number of aromatic nitrogens is 1. The summed E-state index contributed by atoms with van der Waals surface area (Å²) in [5.41, 5.74) is 1.71. The third-order valence-electron chi connectivity index (χ3n) is 4.17. The average molecular weight is 452 g/mol. The molecule has 0 unspecified atom stereocenters. The Hall–Kier alpha value is -4.38. The van der Waals surface area contributed by atoms with Crippen molar-refractivity contribution in [2.75, 3.05) is 10.6 Å². The Morgan fingerprint density at radius 1 is 1.09 bits per heavy atom. The molecule has 0 aliphatic heterocycles. The SMILES string of the molecule is O=C(C=Cc1ccc(F)cc1)Nc1nc2ccc(NC(=O)c3ccc([N+](=O)[O-])o3)cc2s1. The molecule has 0 atom stereocenters. The van der Waals surface area contributed by atoms with Gasteiger partial charge >= 0.3 is 5.88 Å². The van der Waals surface area contributed by atoms with Crippen molar-refractivity contribution >= 4 is 56.1 Å². The normalized spacial score (nSPS) is 11.0. The van der Waals surface area contributed by atoms with Gasteiger partial charge in [-0.15, -0.1) is 0 Å². The summed E-state index contributed by atoms with van der Waals surface area (Å²) in [6.07, 6.45) is 2.86. The predicted molar refractivity (Wildman–Crippen MR) is 117 cm³/mol. The van der Waals surface area contributed by atoms with E-state index in [4.69, 9.17) is 4.42 Å². The van der Waals surface area contributed by atoms with Gasteiger partial charge in [0, 0.05) is 11.8 Å². The Kier molecular flexibility index (Phi) is 5.73. The Bertz CT molecular complexity index is 1360. The first-order chi connectivity index (χ1) is 15.4. The van der Waals surface area contributed by atoms with Crippen molar-refractivity contribution in [3.63, 3.8) is 0 Å². The molecule has 160 valence electrons. The topological polar surface area (TPSA) is 127 Å². The molecule has 32 heavy (non-hydrogen) atoms. The molecule has 2 aromatic heterocycles. The number of hydrogen-bond donors (Lipinski definition) is 2. The number of rotatable bonds is 6. The summed E-state index contributed by atoms with van der Waals surface area (Å²) in [7, 11) is 0. The third-order valence-corrected chi connectivity index (χ3v) is 5.10. The van der Waals surface area contributed by atoms with E-state index in [0.29, 0.717) is 26.6 Å². The molecule has 0 saturated carbocycles. The number of fused-ring (bicyclic) bond motifs is 1. The molecule has 0 radical (unpaired) electrons. The van der Waals surface area contributed by atoms with Crippen LogP contribution in [-0.2, 0) is 4.79 Å². The van der Waals surface area contributed by atoms with E-state index < -0.39 is 22.6 Å². The van der Waals surface area contributed by atoms with Crippen molar-refractivity contribution in [1.29, 1.82) is 0 Å². The molecule has 2 amide bonds. The first-order valence-electron chi connectivity index (χ1n) is 9.08. The monoisotopic (exact) mass is 452 g/mol. The summed E-state index contributed by atoms with van der Waals surface area (Å²) >= 11 is 1.20. The molecule has 0 saturated heterocycles. The second kappa shape index (κ2) is 8.78. The lowest BCUT2D eigenvalue weighted by atomic mass is 10.2. The zero-order valence-electron chi connectivity index (χ0n) is 16.1. The van der Waals surface area contributed by atoms with Gasteiger partial charge in [-0.2, -0.15) is 0 Å². The summed E-state index contributed by atoms with van der Waals surface area (Å²) in [5.74, 6) is -2.12. The fraction of sp³-hybridized carbons (Fsp3) is 0. The fourth-order valence-corrected chi connectivity index (χ4v) is 3.60. The second-order valence-corrected chi connectivity index (χ2v) is 7.46. The standard InChI is InChI=1S/C21H13FN4O5S/c22-13-4-1-12(2-5-13)3-9-18(27)25-21-24-15-7-6-14(11-17(15)32-21)23-20(28)16-8-10-19(31-16)26(29)30/h1-11H,(H,23,28)(H,24,25,27). The summed E-state index contributed by atoms with van der Waals surface area (Å²) in [6, 6.07) is 12.9. The third kappa shape index (κ3) is 4.84. The molecule has 0 spiro atoms. The van der Waals surface area contributed by atoms with Crippen LogP contribution in [0.15, 0.2) is 65.1 Å². The summed E-state index contributed by atoms with van der Waals surface area (Å²) in [4.78, 5) is 38.6. The number of benzene rings is 2. The van der Waals surface area contributed by atoms with Gasteiger partial charge in [-0.05, 0) is 48.0 Å². The van der Waals surface area contributed by atoms with Crippen molar-refractivity contribution in [2.45, 2.75) is 0 Å². The van der Waals surface area contributed by atoms with Crippen LogP contribution in [0.25, 0.3) is 16.3 Å². The maximum absolute atomic E-state index is 12.9. The summed E-state index contributed by atoms with van der Waals surface area (Å²) in [6.45, 7) is 0. The maximum Gasteiger partial charge on any atom is 0.433 e. The molecule has 9 nitrogen and oxygen atoms in total. The van der Waals surface area contributed by atoms with Crippen molar-refractivity contribution in [1.82, 2.24) is 4.98 Å². The molecule has 0 bridgehead atoms. The van der Waals surface area contributed by atoms with E-state index in [1.807, 2.05) is 0 Å². The number of hydrogen-bond acceptors (Lipinski definition) is 7. The highest BCUT2D eigenvalue weighted by atomic mass is 32.1. The number of halogens is 1. The number of carbonyl (C=O) groups is 2. The van der Waals surface area contributed by atoms with Crippen molar-refractivity contribution in [3.8, 4) is 0 Å². The van der Waals surface area contributed by atoms with Crippen LogP contribution >= 0.6 is 11.3 Å². The Morgan fingerprint density at radius 3 is 2.59 bits per heavy atom. The van der Waals surface area contributed by atoms with Crippen molar-refractivity contribution in [3.05, 3.63) is 87.9 Å². The smallest absolute Gasteiger partial charge is 0.395 e. The van der Waals surface area contributed by atoms with Gasteiger partial charge in [0.05, 0.1) is 16.3 Å². The van der Waals surface area contributed by atoms with Crippen LogP contribution in [-0.4, -0.2) is 21.7 Å². The molecule has 2 heterocycles. The minimum atomic E-state index is -0.731. The van der Waals surface area contributed by atoms with Gasteiger partial charge in [0.15, 0.2) is 10.9 Å². The number of nitrogens with zero attached hydrogens (tertiary/aromatic N) is 2. The zero-order valence-corrected chi connectivity index (χ0v) is 16.9. The first-order valence-corrected chi connectivity index (χ1v) is 9.90. The average Bonchev–Trinajstić information content (AvgIpc) is 3.40. The van der Waals surface area contributed by atoms with E-state index in [9.17, 15) is 24.1 Å². The molecule has 2 aromatic carbocycles. The van der Waals surface area contributed by atoms with Crippen LogP contribution in [0.4, 0.5) is 21.1 Å². The molecule has 4 aromatic rings. The quantitative estimate of drug-likeness (QED) is 0.245. The van der Waals surface area contributed by atoms with E-state index in [1.54, 1.807) is 36.4 Å². The van der Waals surface area contributed by atoms with Gasteiger partial charge in [0.2, 0.25) is 5.91 Å². The lowest BCUT2D eigenvalue weighted by Gasteiger charge is -2.02. The van der Waals surface area contributed by atoms with Crippen LogP contribution in [0, 0.1) is 15.9 Å². The van der Waals surface area contributed by atoms with Gasteiger partial charge in [-0.1, -0.05) is 23.5 Å². The molecule has 4 rings (SSSR count). The van der Waals surface area contributed by atoms with Gasteiger partial charge in [0.25, 0.3) is 5.91 Å². The number of nitro groups is 1. The van der Waals surface area contributed by atoms with E-state index in [2.05, 4.69) is 15.6 Å². The lowest BCUT2D eigenvalue weighted by molar-refractivity contribution is -0.402. The van der Waals surface area contributed by atoms with Crippen LogP contribution in [0.3, 0.4) is 0 Å². The van der Waals surface area contributed by atoms with Crippen LogP contribution in [0.2, 0.25) is 0 Å². The van der Waals surface area contributed by atoms with Crippen LogP contribution < -0.4 is 10.6 Å². The first kappa shape index (κ1) is 20.9. The van der Waals surface area contributed by atoms with Gasteiger partial charge in [-0.25, -0.2) is 9.37 Å². The number of carbonyl (C=O) groups excluding carboxylic acids is 2. The predicted octanol–water partition coefficient (Wildman–Crippen LogP) is 4.84. The zero-order chi connectivity index (χ0) is 22.7. The van der Waals surface area contributed by atoms with Crippen molar-refractivity contribution in [2.24, 2.45) is 0 Å². The number of anilines is 2. The van der Waals surface area contributed by atoms with Gasteiger partial charge in [-0.3, -0.25) is 25.0 Å². The number of nitrogens with one attached hydrogen (secondary N) is 2. The fourth-order valence-electron chi connectivity index (χ4n) is 2.69. The van der Waals surface area contributed by atoms with Crippen molar-refractivity contribution < 1.29 is 23.3 Å². The summed E-state index contributed by atoms with van der Waals surface area (Å²) in [5, 5.41) is 16.3. The highest BCUT2D eigenvalue weighted by molar-refractivity contribution is 7.22. The van der Waals surface area contributed by atoms with Crippen LogP contribution in [0.5, 0.6) is 0 Å². The summed E-state index contributed by atoms with van der Waals surface area (Å²) < 4.78 is 18.5. The van der Waals surface area contributed by atoms with Crippen LogP contribution in [0.1, 0.15) is 16.1 Å². The van der Waals surface area contributed by atoms with Gasteiger partial charge in [0.1, 0.15) is 10.7 Å². The number of thiazole rings is 1. The maximum atomic E-state index is 12.9. The Balaban J connectivity index is 1.43. The van der Waals surface area contributed by atoms with E-state index in [-0.39, 0.29) is 11.6 Å². The minimum absolute atomic E-state index is 0.193. The molecule has 0 aliphatic carbocycles. The molecule has 0 fully saturated rings. The molecular weight excluding hydrogens is 439 g/mol. The van der Waals surface area contributed by atoms with E-state index >= 15 is 0 Å². The number of amides is 2. The van der Waals surface area contributed by atoms with Gasteiger partial charge < -0.3 is 9.73 Å². The van der Waals surface area contributed by atoms with E-state index in [1.165, 1.54) is 35.6 Å². The second-order valence-electron chi connectivity index (χ2n) is 6.42. The molecular formula is C21H13FN4O5S. The number of furan rings is 1. The highest BCUT2D eigenvalue weighted by Crippen LogP contribution is 2.29. The Morgan fingerprint density at radius 2 is 1.88 bits per heavy atom. The van der Waals surface area contributed by atoms with E-state index in [0.717, 1.165) is 6.07 Å². The molecule has 2 N–H and O–H groups in total. The largest absolute Gasteiger partial charge is 0.433 e. The molecule has 11 heteroatoms.